The van der Waals surface area contributed by atoms with E-state index >= 15 is 0 Å². The number of benzene rings is 1. The minimum Gasteiger partial charge on any atom is -0.497 e. The number of nitrogens with one attached hydrogen (secondary N) is 2. The average molecular weight is 334 g/mol. The summed E-state index contributed by atoms with van der Waals surface area (Å²) in [4.78, 5) is 16.4. The molecule has 0 aliphatic rings. The van der Waals surface area contributed by atoms with Gasteiger partial charge in [0, 0.05) is 12.1 Å². The summed E-state index contributed by atoms with van der Waals surface area (Å²) < 4.78 is 5.13. The van der Waals surface area contributed by atoms with Crippen LogP contribution in [-0.4, -0.2) is 40.0 Å². The molecular formula is C16H22N4O2S. The van der Waals surface area contributed by atoms with Crippen molar-refractivity contribution in [3.05, 3.63) is 24.3 Å². The van der Waals surface area contributed by atoms with Gasteiger partial charge in [-0.2, -0.15) is 0 Å². The van der Waals surface area contributed by atoms with Crippen LogP contribution in [0, 0.1) is 5.92 Å². The molecule has 0 fully saturated rings. The molecule has 0 unspecified atom stereocenters. The molecule has 6 nitrogen and oxygen atoms in total. The van der Waals surface area contributed by atoms with Crippen LogP contribution in [0.25, 0.3) is 11.4 Å². The summed E-state index contributed by atoms with van der Waals surface area (Å²) in [7, 11) is 1.63. The number of methoxy groups -OCH3 is 1. The van der Waals surface area contributed by atoms with Gasteiger partial charge in [-0.15, -0.1) is 5.10 Å². The maximum Gasteiger partial charge on any atom is 0.233 e. The van der Waals surface area contributed by atoms with Crippen molar-refractivity contribution >= 4 is 17.7 Å². The Kier molecular flexibility index (Phi) is 6.04. The van der Waals surface area contributed by atoms with Crippen molar-refractivity contribution in [2.45, 2.75) is 31.2 Å². The number of ether oxygens (including phenoxy) is 1. The van der Waals surface area contributed by atoms with Crippen molar-refractivity contribution in [2.24, 2.45) is 5.92 Å². The first-order valence-electron chi connectivity index (χ1n) is 7.50. The molecule has 0 aliphatic heterocycles. The Balaban J connectivity index is 1.97. The fourth-order valence-corrected chi connectivity index (χ4v) is 2.59. The van der Waals surface area contributed by atoms with E-state index < -0.39 is 0 Å². The molecule has 1 heterocycles. The lowest BCUT2D eigenvalue weighted by Gasteiger charge is -2.11. The molecule has 2 N–H and O–H groups in total. The molecule has 1 amide bonds. The lowest BCUT2D eigenvalue weighted by atomic mass is 10.2. The molecule has 2 rings (SSSR count). The first-order valence-corrected chi connectivity index (χ1v) is 8.38. The zero-order valence-corrected chi connectivity index (χ0v) is 14.6. The van der Waals surface area contributed by atoms with Crippen LogP contribution in [0.4, 0.5) is 0 Å². The van der Waals surface area contributed by atoms with Gasteiger partial charge in [-0.3, -0.25) is 9.89 Å². The van der Waals surface area contributed by atoms with E-state index in [2.05, 4.69) is 34.3 Å². The lowest BCUT2D eigenvalue weighted by Crippen LogP contribution is -2.33. The fourth-order valence-electron chi connectivity index (χ4n) is 1.84. The Bertz CT molecular complexity index is 640. The molecule has 0 saturated carbocycles. The van der Waals surface area contributed by atoms with Crippen molar-refractivity contribution in [1.29, 1.82) is 0 Å². The van der Waals surface area contributed by atoms with Gasteiger partial charge in [0.15, 0.2) is 5.82 Å². The number of amides is 1. The van der Waals surface area contributed by atoms with Gasteiger partial charge in [0.1, 0.15) is 5.75 Å². The van der Waals surface area contributed by atoms with Gasteiger partial charge >= 0.3 is 0 Å². The van der Waals surface area contributed by atoms with Crippen molar-refractivity contribution in [3.8, 4) is 17.1 Å². The number of rotatable bonds is 7. The highest BCUT2D eigenvalue weighted by molar-refractivity contribution is 8.00. The van der Waals surface area contributed by atoms with Crippen molar-refractivity contribution in [3.63, 3.8) is 0 Å². The van der Waals surface area contributed by atoms with E-state index in [-0.39, 0.29) is 11.2 Å². The Morgan fingerprint density at radius 1 is 1.30 bits per heavy atom. The largest absolute Gasteiger partial charge is 0.497 e. The van der Waals surface area contributed by atoms with E-state index in [4.69, 9.17) is 4.74 Å². The number of hydrogen-bond acceptors (Lipinski definition) is 5. The Hall–Kier alpha value is -2.02. The van der Waals surface area contributed by atoms with Crippen LogP contribution in [0.1, 0.15) is 20.8 Å². The molecule has 23 heavy (non-hydrogen) atoms. The molecular weight excluding hydrogens is 312 g/mol. The van der Waals surface area contributed by atoms with Gasteiger partial charge in [-0.25, -0.2) is 4.98 Å². The van der Waals surface area contributed by atoms with E-state index in [0.29, 0.717) is 23.4 Å². The molecule has 0 saturated heterocycles. The van der Waals surface area contributed by atoms with Gasteiger partial charge < -0.3 is 10.1 Å². The second kappa shape index (κ2) is 8.01. The predicted molar refractivity (Wildman–Crippen MR) is 91.5 cm³/mol. The van der Waals surface area contributed by atoms with Gasteiger partial charge in [0.2, 0.25) is 11.1 Å². The molecule has 2 aromatic rings. The summed E-state index contributed by atoms with van der Waals surface area (Å²) in [6.07, 6.45) is 0. The zero-order valence-electron chi connectivity index (χ0n) is 13.8. The number of carbonyl (C=O) groups excluding carboxylic acids is 1. The molecule has 7 heteroatoms. The normalized spacial score (nSPS) is 12.2. The monoisotopic (exact) mass is 334 g/mol. The number of thioether (sulfide) groups is 1. The zero-order chi connectivity index (χ0) is 16.8. The molecule has 0 bridgehead atoms. The summed E-state index contributed by atoms with van der Waals surface area (Å²) >= 11 is 1.34. The van der Waals surface area contributed by atoms with Crippen LogP contribution in [-0.2, 0) is 4.79 Å². The maximum atomic E-state index is 12.0. The second-order valence-corrected chi connectivity index (χ2v) is 6.90. The van der Waals surface area contributed by atoms with E-state index in [1.807, 2.05) is 31.2 Å². The number of nitrogens with zero attached hydrogens (tertiary/aromatic N) is 2. The highest BCUT2D eigenvalue weighted by Gasteiger charge is 2.17. The molecule has 124 valence electrons. The molecule has 0 radical (unpaired) electrons. The van der Waals surface area contributed by atoms with Crippen LogP contribution in [0.3, 0.4) is 0 Å². The summed E-state index contributed by atoms with van der Waals surface area (Å²) in [5.74, 6) is 1.89. The van der Waals surface area contributed by atoms with Crippen LogP contribution >= 0.6 is 11.8 Å². The minimum atomic E-state index is -0.242. The second-order valence-electron chi connectivity index (χ2n) is 5.59. The number of aromatic nitrogens is 3. The molecule has 1 atom stereocenters. The summed E-state index contributed by atoms with van der Waals surface area (Å²) in [6, 6.07) is 7.55. The Labute approximate surface area is 140 Å². The Morgan fingerprint density at radius 3 is 2.61 bits per heavy atom. The van der Waals surface area contributed by atoms with Gasteiger partial charge in [-0.05, 0) is 37.1 Å². The Morgan fingerprint density at radius 2 is 2.00 bits per heavy atom. The van der Waals surface area contributed by atoms with E-state index in [9.17, 15) is 4.79 Å². The van der Waals surface area contributed by atoms with E-state index in [1.54, 1.807) is 7.11 Å². The SMILES string of the molecule is COc1ccc(-c2nc(S[C@H](C)C(=O)NCC(C)C)n[nH]2)cc1. The van der Waals surface area contributed by atoms with E-state index in [0.717, 1.165) is 11.3 Å². The summed E-state index contributed by atoms with van der Waals surface area (Å²) in [6.45, 7) is 6.65. The highest BCUT2D eigenvalue weighted by Crippen LogP contribution is 2.24. The average Bonchev–Trinajstić information content (AvgIpc) is 3.01. The number of hydrogen-bond donors (Lipinski definition) is 2. The van der Waals surface area contributed by atoms with Crippen molar-refractivity contribution < 1.29 is 9.53 Å². The van der Waals surface area contributed by atoms with Crippen LogP contribution in [0.15, 0.2) is 29.4 Å². The topological polar surface area (TPSA) is 79.9 Å². The summed E-state index contributed by atoms with van der Waals surface area (Å²) in [5.41, 5.74) is 0.919. The van der Waals surface area contributed by atoms with Crippen molar-refractivity contribution in [1.82, 2.24) is 20.5 Å². The van der Waals surface area contributed by atoms with Gasteiger partial charge in [-0.1, -0.05) is 25.6 Å². The van der Waals surface area contributed by atoms with Gasteiger partial charge in [0.05, 0.1) is 12.4 Å². The first-order chi connectivity index (χ1) is 11.0. The van der Waals surface area contributed by atoms with Crippen molar-refractivity contribution in [2.75, 3.05) is 13.7 Å². The third kappa shape index (κ3) is 4.99. The van der Waals surface area contributed by atoms with E-state index in [1.165, 1.54) is 11.8 Å². The molecule has 0 spiro atoms. The highest BCUT2D eigenvalue weighted by atomic mass is 32.2. The maximum absolute atomic E-state index is 12.0. The van der Waals surface area contributed by atoms with Crippen LogP contribution in [0.5, 0.6) is 5.75 Å². The fraction of sp³-hybridized carbons (Fsp3) is 0.438. The third-order valence-electron chi connectivity index (χ3n) is 3.16. The molecule has 1 aromatic heterocycles. The number of aromatic amines is 1. The van der Waals surface area contributed by atoms with Gasteiger partial charge in [0.25, 0.3) is 0 Å². The smallest absolute Gasteiger partial charge is 0.233 e. The standard InChI is InChI=1S/C16H22N4O2S/c1-10(2)9-17-15(21)11(3)23-16-18-14(19-20-16)12-5-7-13(22-4)8-6-12/h5-8,10-11H,9H2,1-4H3,(H,17,21)(H,18,19,20)/t11-/m1/s1. The molecule has 0 aliphatic carbocycles. The summed E-state index contributed by atoms with van der Waals surface area (Å²) in [5, 5.41) is 10.3. The lowest BCUT2D eigenvalue weighted by molar-refractivity contribution is -0.120. The molecule has 1 aromatic carbocycles. The number of carbonyl (C=O) groups is 1. The predicted octanol–water partition coefficient (Wildman–Crippen LogP) is 2.73. The minimum absolute atomic E-state index is 0.000465. The van der Waals surface area contributed by atoms with Crippen LogP contribution < -0.4 is 10.1 Å². The number of H-pyrrole nitrogens is 1. The van der Waals surface area contributed by atoms with Crippen LogP contribution in [0.2, 0.25) is 0 Å². The first kappa shape index (κ1) is 17.3. The quantitative estimate of drug-likeness (QED) is 0.761. The third-order valence-corrected chi connectivity index (χ3v) is 4.13.